The summed E-state index contributed by atoms with van der Waals surface area (Å²) in [6.07, 6.45) is 0.884. The Labute approximate surface area is 156 Å². The number of rotatable bonds is 7. The van der Waals surface area contributed by atoms with Crippen molar-refractivity contribution in [2.24, 2.45) is 0 Å². The highest BCUT2D eigenvalue weighted by atomic mass is 19.1. The molecule has 0 radical (unpaired) electrons. The molecule has 1 N–H and O–H groups in total. The zero-order chi connectivity index (χ0) is 19.4. The molecule has 2 heterocycles. The first-order chi connectivity index (χ1) is 13.0. The third-order valence-corrected chi connectivity index (χ3v) is 3.99. The van der Waals surface area contributed by atoms with Gasteiger partial charge in [-0.05, 0) is 32.4 Å². The lowest BCUT2D eigenvalue weighted by Gasteiger charge is -2.09. The number of amides is 1. The molecule has 2 aromatic heterocycles. The standard InChI is InChI=1S/C19H21FN4O3/c1-4-9-24-17(10-12(2)22-24)21-19(25)18-14(13(3)27-23-18)11-26-16-8-6-5-7-15(16)20/h5-8,10H,4,9,11H2,1-3H3,(H,21,25). The molecule has 0 saturated carbocycles. The smallest absolute Gasteiger partial charge is 0.279 e. The number of nitrogens with zero attached hydrogens (tertiary/aromatic N) is 3. The Balaban J connectivity index is 1.77. The Morgan fingerprint density at radius 3 is 2.85 bits per heavy atom. The molecule has 27 heavy (non-hydrogen) atoms. The molecule has 0 bridgehead atoms. The van der Waals surface area contributed by atoms with Gasteiger partial charge in [-0.2, -0.15) is 5.10 Å². The number of hydrogen-bond donors (Lipinski definition) is 1. The Morgan fingerprint density at radius 2 is 2.11 bits per heavy atom. The van der Waals surface area contributed by atoms with Crippen molar-refractivity contribution < 1.29 is 18.4 Å². The van der Waals surface area contributed by atoms with Crippen LogP contribution in [0.1, 0.15) is 40.9 Å². The predicted molar refractivity (Wildman–Crippen MR) is 97.2 cm³/mol. The third-order valence-electron chi connectivity index (χ3n) is 3.99. The summed E-state index contributed by atoms with van der Waals surface area (Å²) in [5.74, 6) is 0.213. The molecule has 8 heteroatoms. The molecule has 1 amide bonds. The molecule has 0 aliphatic heterocycles. The molecule has 7 nitrogen and oxygen atoms in total. The second kappa shape index (κ2) is 8.03. The van der Waals surface area contributed by atoms with Crippen molar-refractivity contribution in [1.82, 2.24) is 14.9 Å². The van der Waals surface area contributed by atoms with Crippen molar-refractivity contribution in [2.75, 3.05) is 5.32 Å². The largest absolute Gasteiger partial charge is 0.486 e. The van der Waals surface area contributed by atoms with Crippen LogP contribution >= 0.6 is 0 Å². The summed E-state index contributed by atoms with van der Waals surface area (Å²) < 4.78 is 26.1. The number of carbonyl (C=O) groups excluding carboxylic acids is 1. The second-order valence-corrected chi connectivity index (χ2v) is 6.13. The zero-order valence-corrected chi connectivity index (χ0v) is 15.5. The van der Waals surface area contributed by atoms with Gasteiger partial charge < -0.3 is 14.6 Å². The molecule has 0 fully saturated rings. The van der Waals surface area contributed by atoms with Crippen LogP contribution in [0.5, 0.6) is 5.75 Å². The summed E-state index contributed by atoms with van der Waals surface area (Å²) in [5.41, 5.74) is 1.37. The van der Waals surface area contributed by atoms with E-state index in [1.807, 2.05) is 13.8 Å². The Hall–Kier alpha value is -3.16. The molecule has 142 valence electrons. The van der Waals surface area contributed by atoms with Crippen LogP contribution in [0.4, 0.5) is 10.2 Å². The molecule has 0 aliphatic rings. The van der Waals surface area contributed by atoms with Crippen molar-refractivity contribution >= 4 is 11.7 Å². The molecule has 3 aromatic rings. The van der Waals surface area contributed by atoms with Gasteiger partial charge in [0, 0.05) is 12.6 Å². The van der Waals surface area contributed by atoms with Crippen LogP contribution in [0.2, 0.25) is 0 Å². The van der Waals surface area contributed by atoms with Crippen molar-refractivity contribution in [3.05, 3.63) is 58.9 Å². The second-order valence-electron chi connectivity index (χ2n) is 6.13. The fourth-order valence-corrected chi connectivity index (χ4v) is 2.66. The number of hydrogen-bond acceptors (Lipinski definition) is 5. The number of aryl methyl sites for hydroxylation is 3. The molecule has 0 unspecified atom stereocenters. The average Bonchev–Trinajstić information content (AvgIpc) is 3.17. The highest BCUT2D eigenvalue weighted by molar-refractivity contribution is 6.03. The number of nitrogens with one attached hydrogen (secondary N) is 1. The van der Waals surface area contributed by atoms with Gasteiger partial charge in [0.25, 0.3) is 5.91 Å². The SMILES string of the molecule is CCCn1nc(C)cc1NC(=O)c1noc(C)c1COc1ccccc1F. The van der Waals surface area contributed by atoms with Crippen LogP contribution in [0.25, 0.3) is 0 Å². The quantitative estimate of drug-likeness (QED) is 0.681. The van der Waals surface area contributed by atoms with Crippen molar-refractivity contribution in [2.45, 2.75) is 40.3 Å². The third kappa shape index (κ3) is 4.16. The van der Waals surface area contributed by atoms with E-state index in [1.54, 1.807) is 29.8 Å². The molecule has 3 rings (SSSR count). The maximum Gasteiger partial charge on any atom is 0.279 e. The first kappa shape index (κ1) is 18.6. The van der Waals surface area contributed by atoms with E-state index in [2.05, 4.69) is 15.6 Å². The van der Waals surface area contributed by atoms with Gasteiger partial charge in [0.05, 0.1) is 11.3 Å². The number of ether oxygens (including phenoxy) is 1. The minimum Gasteiger partial charge on any atom is -0.486 e. The summed E-state index contributed by atoms with van der Waals surface area (Å²) >= 11 is 0. The van der Waals surface area contributed by atoms with Gasteiger partial charge in [0.1, 0.15) is 18.2 Å². The average molecular weight is 372 g/mol. The number of carbonyl (C=O) groups is 1. The lowest BCUT2D eigenvalue weighted by molar-refractivity contribution is 0.101. The normalized spacial score (nSPS) is 10.8. The van der Waals surface area contributed by atoms with E-state index in [9.17, 15) is 9.18 Å². The molecule has 0 aliphatic carbocycles. The van der Waals surface area contributed by atoms with Gasteiger partial charge in [-0.1, -0.05) is 24.2 Å². The zero-order valence-electron chi connectivity index (χ0n) is 15.5. The van der Waals surface area contributed by atoms with E-state index in [-0.39, 0.29) is 18.1 Å². The van der Waals surface area contributed by atoms with Gasteiger partial charge in [-0.3, -0.25) is 4.79 Å². The summed E-state index contributed by atoms with van der Waals surface area (Å²) in [5, 5.41) is 11.0. The number of halogens is 1. The molecular weight excluding hydrogens is 351 g/mol. The van der Waals surface area contributed by atoms with E-state index in [0.717, 1.165) is 12.1 Å². The van der Waals surface area contributed by atoms with Crippen molar-refractivity contribution in [3.63, 3.8) is 0 Å². The highest BCUT2D eigenvalue weighted by Gasteiger charge is 2.22. The van der Waals surface area contributed by atoms with E-state index < -0.39 is 11.7 Å². The molecule has 0 atom stereocenters. The van der Waals surface area contributed by atoms with E-state index in [4.69, 9.17) is 9.26 Å². The molecule has 0 spiro atoms. The monoisotopic (exact) mass is 372 g/mol. The fraction of sp³-hybridized carbons (Fsp3) is 0.316. The Bertz CT molecular complexity index is 948. The summed E-state index contributed by atoms with van der Waals surface area (Å²) in [4.78, 5) is 12.7. The minimum absolute atomic E-state index is 0.0354. The topological polar surface area (TPSA) is 82.2 Å². The van der Waals surface area contributed by atoms with Crippen LogP contribution in [0.15, 0.2) is 34.9 Å². The lowest BCUT2D eigenvalue weighted by atomic mass is 10.2. The highest BCUT2D eigenvalue weighted by Crippen LogP contribution is 2.21. The van der Waals surface area contributed by atoms with Crippen LogP contribution in [0, 0.1) is 19.7 Å². The van der Waals surface area contributed by atoms with Gasteiger partial charge in [-0.15, -0.1) is 0 Å². The Kier molecular flexibility index (Phi) is 5.54. The first-order valence-electron chi connectivity index (χ1n) is 8.68. The van der Waals surface area contributed by atoms with Crippen LogP contribution in [-0.2, 0) is 13.2 Å². The summed E-state index contributed by atoms with van der Waals surface area (Å²) in [6, 6.07) is 7.86. The molecule has 0 saturated heterocycles. The Morgan fingerprint density at radius 1 is 1.33 bits per heavy atom. The fourth-order valence-electron chi connectivity index (χ4n) is 2.66. The van der Waals surface area contributed by atoms with E-state index in [1.165, 1.54) is 12.1 Å². The van der Waals surface area contributed by atoms with Gasteiger partial charge >= 0.3 is 0 Å². The van der Waals surface area contributed by atoms with Crippen LogP contribution in [-0.4, -0.2) is 20.8 Å². The summed E-state index contributed by atoms with van der Waals surface area (Å²) in [6.45, 7) is 6.21. The van der Waals surface area contributed by atoms with Crippen LogP contribution < -0.4 is 10.1 Å². The van der Waals surface area contributed by atoms with Crippen LogP contribution in [0.3, 0.4) is 0 Å². The lowest BCUT2D eigenvalue weighted by Crippen LogP contribution is -2.18. The number of benzene rings is 1. The number of para-hydroxylation sites is 1. The maximum absolute atomic E-state index is 13.7. The number of aromatic nitrogens is 3. The predicted octanol–water partition coefficient (Wildman–Crippen LogP) is 3.87. The van der Waals surface area contributed by atoms with Gasteiger partial charge in [-0.25, -0.2) is 9.07 Å². The van der Waals surface area contributed by atoms with Crippen molar-refractivity contribution in [3.8, 4) is 5.75 Å². The first-order valence-corrected chi connectivity index (χ1v) is 8.68. The van der Waals surface area contributed by atoms with E-state index in [0.29, 0.717) is 23.7 Å². The van der Waals surface area contributed by atoms with Crippen molar-refractivity contribution in [1.29, 1.82) is 0 Å². The van der Waals surface area contributed by atoms with Gasteiger partial charge in [0.2, 0.25) is 0 Å². The molecular formula is C19H21FN4O3. The van der Waals surface area contributed by atoms with E-state index >= 15 is 0 Å². The molecule has 1 aromatic carbocycles. The van der Waals surface area contributed by atoms with Gasteiger partial charge in [0.15, 0.2) is 17.3 Å². The maximum atomic E-state index is 13.7. The minimum atomic E-state index is -0.475. The summed E-state index contributed by atoms with van der Waals surface area (Å²) in [7, 11) is 0. The number of anilines is 1.